The summed E-state index contributed by atoms with van der Waals surface area (Å²) in [4.78, 5) is 11.3. The van der Waals surface area contributed by atoms with Gasteiger partial charge in [0.15, 0.2) is 0 Å². The summed E-state index contributed by atoms with van der Waals surface area (Å²) in [5, 5.41) is 2.70. The fraction of sp³-hybridized carbons (Fsp3) is 0.500. The molecule has 1 amide bonds. The van der Waals surface area contributed by atoms with E-state index < -0.39 is 16.1 Å². The van der Waals surface area contributed by atoms with Crippen molar-refractivity contribution >= 4 is 28.3 Å². The van der Waals surface area contributed by atoms with E-state index >= 15 is 0 Å². The van der Waals surface area contributed by atoms with Crippen molar-refractivity contribution in [2.75, 3.05) is 0 Å². The number of benzene rings is 1. The monoisotopic (exact) mass is 349 g/mol. The number of nitrogens with one attached hydrogen (secondary N) is 2. The maximum atomic E-state index is 11.8. The van der Waals surface area contributed by atoms with Crippen molar-refractivity contribution < 1.29 is 13.2 Å². The largest absolute Gasteiger partial charge is 0.351 e. The van der Waals surface area contributed by atoms with Crippen molar-refractivity contribution in [3.05, 3.63) is 35.4 Å². The number of carbonyl (C=O) groups excluding carboxylic acids is 1. The van der Waals surface area contributed by atoms with Gasteiger partial charge in [-0.2, -0.15) is 0 Å². The van der Waals surface area contributed by atoms with Crippen LogP contribution in [0.4, 0.5) is 0 Å². The fourth-order valence-electron chi connectivity index (χ4n) is 1.72. The second-order valence-corrected chi connectivity index (χ2v) is 7.11. The number of nitrogens with two attached hydrogens (primary N) is 1. The van der Waals surface area contributed by atoms with E-state index in [9.17, 15) is 13.2 Å². The highest BCUT2D eigenvalue weighted by Gasteiger charge is 2.13. The molecule has 8 heteroatoms. The Hall–Kier alpha value is -1.15. The molecule has 22 heavy (non-hydrogen) atoms. The highest BCUT2D eigenvalue weighted by molar-refractivity contribution is 7.88. The molecule has 0 aliphatic carbocycles. The Balaban J connectivity index is 0.00000441. The molecule has 0 aromatic heterocycles. The van der Waals surface area contributed by atoms with Crippen molar-refractivity contribution in [2.24, 2.45) is 5.73 Å². The minimum Gasteiger partial charge on any atom is -0.351 e. The summed E-state index contributed by atoms with van der Waals surface area (Å²) in [5.74, 6) is -0.278. The summed E-state index contributed by atoms with van der Waals surface area (Å²) in [6.45, 7) is 5.55. The van der Waals surface area contributed by atoms with E-state index in [0.29, 0.717) is 12.1 Å². The van der Waals surface area contributed by atoms with Gasteiger partial charge in [0.1, 0.15) is 0 Å². The predicted octanol–water partition coefficient (Wildman–Crippen LogP) is 0.900. The molecule has 0 saturated heterocycles. The standard InChI is InChI=1S/C14H23N3O3S.ClH/c1-10(2)17-21(19,20)9-13-6-4-12(5-7-13)8-16-14(18)11(3)15;/h4-7,10-11,17H,8-9,15H2,1-3H3,(H,16,18);1H/t11-;/m1./s1. The Morgan fingerprint density at radius 3 is 2.09 bits per heavy atom. The number of rotatable bonds is 7. The number of hydrogen-bond acceptors (Lipinski definition) is 4. The zero-order valence-corrected chi connectivity index (χ0v) is 14.6. The highest BCUT2D eigenvalue weighted by atomic mass is 35.5. The summed E-state index contributed by atoms with van der Waals surface area (Å²) < 4.78 is 26.1. The van der Waals surface area contributed by atoms with Crippen molar-refractivity contribution in [1.29, 1.82) is 0 Å². The van der Waals surface area contributed by atoms with Gasteiger partial charge in [-0.15, -0.1) is 12.4 Å². The Bertz CT molecular complexity index is 572. The first kappa shape index (κ1) is 20.9. The SMILES string of the molecule is CC(C)NS(=O)(=O)Cc1ccc(CNC(=O)[C@@H](C)N)cc1.Cl. The summed E-state index contributed by atoms with van der Waals surface area (Å²) in [6.07, 6.45) is 0. The molecule has 0 heterocycles. The van der Waals surface area contributed by atoms with E-state index in [2.05, 4.69) is 10.0 Å². The molecule has 4 N–H and O–H groups in total. The molecular weight excluding hydrogens is 326 g/mol. The molecule has 0 spiro atoms. The van der Waals surface area contributed by atoms with Crippen LogP contribution in [0.15, 0.2) is 24.3 Å². The van der Waals surface area contributed by atoms with E-state index in [0.717, 1.165) is 5.56 Å². The molecule has 6 nitrogen and oxygen atoms in total. The van der Waals surface area contributed by atoms with E-state index in [1.807, 2.05) is 0 Å². The lowest BCUT2D eigenvalue weighted by Gasteiger charge is -2.10. The van der Waals surface area contributed by atoms with Gasteiger partial charge in [0.05, 0.1) is 11.8 Å². The summed E-state index contributed by atoms with van der Waals surface area (Å²) in [5.41, 5.74) is 7.04. The van der Waals surface area contributed by atoms with Crippen LogP contribution in [0.1, 0.15) is 31.9 Å². The lowest BCUT2D eigenvalue weighted by Crippen LogP contribution is -2.37. The first-order valence-electron chi connectivity index (χ1n) is 6.81. The maximum Gasteiger partial charge on any atom is 0.236 e. The Morgan fingerprint density at radius 1 is 1.14 bits per heavy atom. The van der Waals surface area contributed by atoms with Gasteiger partial charge in [0.2, 0.25) is 15.9 Å². The molecule has 1 rings (SSSR count). The van der Waals surface area contributed by atoms with Crippen molar-refractivity contribution in [1.82, 2.24) is 10.0 Å². The van der Waals surface area contributed by atoms with E-state index in [1.54, 1.807) is 45.0 Å². The molecular formula is C14H24ClN3O3S. The smallest absolute Gasteiger partial charge is 0.236 e. The zero-order chi connectivity index (χ0) is 16.0. The second-order valence-electron chi connectivity index (χ2n) is 5.35. The molecule has 0 radical (unpaired) electrons. The molecule has 0 bridgehead atoms. The Morgan fingerprint density at radius 2 is 1.64 bits per heavy atom. The molecule has 1 atom stereocenters. The first-order chi connectivity index (χ1) is 9.69. The van der Waals surface area contributed by atoms with Crippen LogP contribution in [0.3, 0.4) is 0 Å². The number of hydrogen-bond donors (Lipinski definition) is 3. The maximum absolute atomic E-state index is 11.8. The molecule has 0 aliphatic rings. The number of sulfonamides is 1. The first-order valence-corrected chi connectivity index (χ1v) is 8.46. The van der Waals surface area contributed by atoms with Gasteiger partial charge in [0, 0.05) is 12.6 Å². The predicted molar refractivity (Wildman–Crippen MR) is 90.1 cm³/mol. The van der Waals surface area contributed by atoms with Crippen LogP contribution in [-0.2, 0) is 27.1 Å². The van der Waals surface area contributed by atoms with Gasteiger partial charge in [0.25, 0.3) is 0 Å². The summed E-state index contributed by atoms with van der Waals surface area (Å²) >= 11 is 0. The van der Waals surface area contributed by atoms with Gasteiger partial charge in [-0.1, -0.05) is 24.3 Å². The summed E-state index contributed by atoms with van der Waals surface area (Å²) in [6, 6.07) is 6.41. The molecule has 126 valence electrons. The zero-order valence-electron chi connectivity index (χ0n) is 13.0. The van der Waals surface area contributed by atoms with Gasteiger partial charge in [-0.25, -0.2) is 13.1 Å². The van der Waals surface area contributed by atoms with Crippen LogP contribution < -0.4 is 15.8 Å². The van der Waals surface area contributed by atoms with Crippen LogP contribution in [0.2, 0.25) is 0 Å². The molecule has 1 aromatic carbocycles. The van der Waals surface area contributed by atoms with E-state index in [-0.39, 0.29) is 30.1 Å². The van der Waals surface area contributed by atoms with Crippen LogP contribution in [0, 0.1) is 0 Å². The fourth-order valence-corrected chi connectivity index (χ4v) is 3.16. The molecule has 0 saturated carbocycles. The number of carbonyl (C=O) groups is 1. The third-order valence-electron chi connectivity index (χ3n) is 2.68. The van der Waals surface area contributed by atoms with Crippen LogP contribution in [0.5, 0.6) is 0 Å². The molecule has 0 fully saturated rings. The van der Waals surface area contributed by atoms with Crippen molar-refractivity contribution in [2.45, 2.75) is 45.2 Å². The van der Waals surface area contributed by atoms with Gasteiger partial charge in [-0.05, 0) is 31.9 Å². The minimum atomic E-state index is -3.32. The van der Waals surface area contributed by atoms with Crippen molar-refractivity contribution in [3.63, 3.8) is 0 Å². The van der Waals surface area contributed by atoms with Crippen LogP contribution in [0.25, 0.3) is 0 Å². The Kier molecular flexibility index (Phi) is 8.62. The third-order valence-corrected chi connectivity index (χ3v) is 4.22. The summed E-state index contributed by atoms with van der Waals surface area (Å²) in [7, 11) is -3.32. The average molecular weight is 350 g/mol. The normalized spacial score (nSPS) is 12.6. The van der Waals surface area contributed by atoms with E-state index in [1.165, 1.54) is 0 Å². The topological polar surface area (TPSA) is 101 Å². The number of amides is 1. The number of halogens is 1. The van der Waals surface area contributed by atoms with Crippen LogP contribution in [-0.4, -0.2) is 26.4 Å². The molecule has 0 aliphatic heterocycles. The quantitative estimate of drug-likeness (QED) is 0.680. The van der Waals surface area contributed by atoms with Crippen LogP contribution >= 0.6 is 12.4 Å². The molecule has 1 aromatic rings. The average Bonchev–Trinajstić information content (AvgIpc) is 2.35. The minimum absolute atomic E-state index is 0. The highest BCUT2D eigenvalue weighted by Crippen LogP contribution is 2.08. The second kappa shape index (κ2) is 9.09. The lowest BCUT2D eigenvalue weighted by atomic mass is 10.1. The van der Waals surface area contributed by atoms with Gasteiger partial charge in [-0.3, -0.25) is 4.79 Å². The third kappa shape index (κ3) is 7.74. The van der Waals surface area contributed by atoms with Gasteiger partial charge < -0.3 is 11.1 Å². The van der Waals surface area contributed by atoms with Crippen molar-refractivity contribution in [3.8, 4) is 0 Å². The van der Waals surface area contributed by atoms with E-state index in [4.69, 9.17) is 5.73 Å². The van der Waals surface area contributed by atoms with Gasteiger partial charge >= 0.3 is 0 Å². The Labute approximate surface area is 138 Å². The lowest BCUT2D eigenvalue weighted by molar-refractivity contribution is -0.122. The molecule has 0 unspecified atom stereocenters.